The highest BCUT2D eigenvalue weighted by atomic mass is 19.2. The van der Waals surface area contributed by atoms with Gasteiger partial charge in [-0.1, -0.05) is 6.42 Å². The van der Waals surface area contributed by atoms with Crippen LogP contribution in [0.25, 0.3) is 0 Å². The molecule has 100 valence electrons. The second-order valence-electron chi connectivity index (χ2n) is 4.60. The predicted octanol–water partition coefficient (Wildman–Crippen LogP) is 2.40. The van der Waals surface area contributed by atoms with Gasteiger partial charge in [-0.15, -0.1) is 0 Å². The minimum absolute atomic E-state index is 0.229. The zero-order valence-corrected chi connectivity index (χ0v) is 10.2. The summed E-state index contributed by atoms with van der Waals surface area (Å²) in [6.45, 7) is 1.48. The summed E-state index contributed by atoms with van der Waals surface area (Å²) >= 11 is 0. The lowest BCUT2D eigenvalue weighted by atomic mass is 10.0. The number of aromatic nitrogens is 1. The van der Waals surface area contributed by atoms with Gasteiger partial charge in [0.2, 0.25) is 0 Å². The summed E-state index contributed by atoms with van der Waals surface area (Å²) in [7, 11) is 2.00. The van der Waals surface area contributed by atoms with E-state index in [9.17, 15) is 13.2 Å². The van der Waals surface area contributed by atoms with Crippen LogP contribution in [0.1, 0.15) is 19.3 Å². The first-order valence-electron chi connectivity index (χ1n) is 6.03. The Morgan fingerprint density at radius 3 is 2.83 bits per heavy atom. The van der Waals surface area contributed by atoms with Crippen molar-refractivity contribution in [3.05, 3.63) is 23.6 Å². The molecule has 18 heavy (non-hydrogen) atoms. The second kappa shape index (κ2) is 5.56. The molecule has 0 amide bonds. The minimum atomic E-state index is -1.28. The molecule has 1 atom stereocenters. The van der Waals surface area contributed by atoms with Crippen molar-refractivity contribution < 1.29 is 13.2 Å². The molecule has 0 saturated carbocycles. The van der Waals surface area contributed by atoms with E-state index in [1.54, 1.807) is 0 Å². The van der Waals surface area contributed by atoms with Crippen LogP contribution in [0.2, 0.25) is 0 Å². The van der Waals surface area contributed by atoms with Crippen LogP contribution in [-0.2, 0) is 0 Å². The van der Waals surface area contributed by atoms with Crippen LogP contribution in [0.5, 0.6) is 0 Å². The normalized spacial score (nSPS) is 21.0. The Hall–Kier alpha value is -1.30. The van der Waals surface area contributed by atoms with Gasteiger partial charge in [-0.2, -0.15) is 9.37 Å². The van der Waals surface area contributed by atoms with Crippen LogP contribution in [0, 0.1) is 17.6 Å². The lowest BCUT2D eigenvalue weighted by Crippen LogP contribution is -2.41. The van der Waals surface area contributed by atoms with Gasteiger partial charge in [-0.05, 0) is 26.4 Å². The van der Waals surface area contributed by atoms with Crippen molar-refractivity contribution in [1.82, 2.24) is 9.88 Å². The van der Waals surface area contributed by atoms with Gasteiger partial charge in [0.05, 0.1) is 0 Å². The molecule has 0 spiro atoms. The average molecular weight is 259 g/mol. The molecule has 1 aliphatic heterocycles. The zero-order chi connectivity index (χ0) is 13.1. The third-order valence-corrected chi connectivity index (χ3v) is 3.31. The summed E-state index contributed by atoms with van der Waals surface area (Å²) < 4.78 is 38.9. The summed E-state index contributed by atoms with van der Waals surface area (Å²) in [5.41, 5.74) is 0. The van der Waals surface area contributed by atoms with Crippen LogP contribution in [0.4, 0.5) is 19.0 Å². The summed E-state index contributed by atoms with van der Waals surface area (Å²) in [4.78, 5) is 5.41. The molecule has 0 bridgehead atoms. The second-order valence-corrected chi connectivity index (χ2v) is 4.60. The van der Waals surface area contributed by atoms with Gasteiger partial charge in [-0.25, -0.2) is 8.78 Å². The Bertz CT molecular complexity index is 425. The van der Waals surface area contributed by atoms with Gasteiger partial charge in [-0.3, -0.25) is 0 Å². The van der Waals surface area contributed by atoms with Crippen LogP contribution >= 0.6 is 0 Å². The molecule has 1 aliphatic rings. The fourth-order valence-electron chi connectivity index (χ4n) is 2.18. The molecular weight excluding hydrogens is 243 g/mol. The number of pyridine rings is 1. The highest BCUT2D eigenvalue weighted by Gasteiger charge is 2.19. The molecule has 2 heterocycles. The number of piperidine rings is 1. The van der Waals surface area contributed by atoms with E-state index >= 15 is 0 Å². The Kier molecular flexibility index (Phi) is 4.06. The van der Waals surface area contributed by atoms with E-state index < -0.39 is 17.6 Å². The third-order valence-electron chi connectivity index (χ3n) is 3.31. The summed E-state index contributed by atoms with van der Waals surface area (Å²) in [6, 6.07) is 0.781. The molecule has 1 aromatic heterocycles. The monoisotopic (exact) mass is 259 g/mol. The topological polar surface area (TPSA) is 28.2 Å². The number of likely N-dealkylation sites (N-methyl/N-ethyl adjacent to an activating group) is 1. The molecule has 1 fully saturated rings. The molecule has 3 nitrogen and oxygen atoms in total. The van der Waals surface area contributed by atoms with Crippen molar-refractivity contribution in [2.45, 2.75) is 25.3 Å². The van der Waals surface area contributed by atoms with Crippen molar-refractivity contribution in [2.24, 2.45) is 0 Å². The Balaban J connectivity index is 1.99. The first-order valence-corrected chi connectivity index (χ1v) is 6.03. The van der Waals surface area contributed by atoms with Gasteiger partial charge in [0, 0.05) is 18.7 Å². The molecule has 6 heteroatoms. The third kappa shape index (κ3) is 2.93. The van der Waals surface area contributed by atoms with Crippen LogP contribution in [0.3, 0.4) is 0 Å². The summed E-state index contributed by atoms with van der Waals surface area (Å²) in [6.07, 6.45) is 3.30. The number of likely N-dealkylation sites (tertiary alicyclic amines) is 1. The summed E-state index contributed by atoms with van der Waals surface area (Å²) in [5.74, 6) is -3.65. The van der Waals surface area contributed by atoms with Crippen molar-refractivity contribution in [1.29, 1.82) is 0 Å². The van der Waals surface area contributed by atoms with Gasteiger partial charge < -0.3 is 10.2 Å². The minimum Gasteiger partial charge on any atom is -0.366 e. The van der Waals surface area contributed by atoms with E-state index in [1.807, 2.05) is 7.05 Å². The van der Waals surface area contributed by atoms with Crippen LogP contribution in [0.15, 0.2) is 6.07 Å². The van der Waals surface area contributed by atoms with Gasteiger partial charge in [0.25, 0.3) is 5.95 Å². The smallest absolute Gasteiger partial charge is 0.251 e. The van der Waals surface area contributed by atoms with Crippen molar-refractivity contribution >= 4 is 5.82 Å². The van der Waals surface area contributed by atoms with Crippen molar-refractivity contribution in [3.63, 3.8) is 0 Å². The lowest BCUT2D eigenvalue weighted by molar-refractivity contribution is 0.194. The fourth-order valence-corrected chi connectivity index (χ4v) is 2.18. The summed E-state index contributed by atoms with van der Waals surface area (Å²) in [5, 5.41) is 2.75. The number of halogens is 3. The van der Waals surface area contributed by atoms with E-state index in [1.165, 1.54) is 0 Å². The lowest BCUT2D eigenvalue weighted by Gasteiger charge is -2.32. The number of nitrogens with one attached hydrogen (secondary N) is 1. The van der Waals surface area contributed by atoms with Gasteiger partial charge >= 0.3 is 0 Å². The predicted molar refractivity (Wildman–Crippen MR) is 62.9 cm³/mol. The quantitative estimate of drug-likeness (QED) is 0.845. The number of anilines is 1. The maximum atomic E-state index is 13.3. The maximum Gasteiger partial charge on any atom is 0.251 e. The Morgan fingerprint density at radius 1 is 1.33 bits per heavy atom. The van der Waals surface area contributed by atoms with E-state index in [4.69, 9.17) is 0 Å². The molecule has 1 N–H and O–H groups in total. The molecular formula is C12H16F3N3. The van der Waals surface area contributed by atoms with Crippen molar-refractivity contribution in [2.75, 3.05) is 25.5 Å². The first-order chi connectivity index (χ1) is 8.58. The van der Waals surface area contributed by atoms with E-state index in [0.717, 1.165) is 25.8 Å². The zero-order valence-electron chi connectivity index (χ0n) is 10.2. The van der Waals surface area contributed by atoms with Gasteiger partial charge in [0.15, 0.2) is 17.5 Å². The molecule has 0 radical (unpaired) electrons. The molecule has 1 saturated heterocycles. The van der Waals surface area contributed by atoms with Crippen molar-refractivity contribution in [3.8, 4) is 0 Å². The standard InChI is InChI=1S/C12H16F3N3/c1-18-5-3-2-4-8(18)7-16-12-10(14)6-9(13)11(15)17-12/h6,8H,2-5,7H2,1H3,(H,16,17). The van der Waals surface area contributed by atoms with E-state index in [-0.39, 0.29) is 11.9 Å². The molecule has 0 aliphatic carbocycles. The maximum absolute atomic E-state index is 13.3. The molecule has 1 aromatic rings. The average Bonchev–Trinajstić information content (AvgIpc) is 2.34. The largest absolute Gasteiger partial charge is 0.366 e. The number of hydrogen-bond donors (Lipinski definition) is 1. The molecule has 0 aromatic carbocycles. The molecule has 2 rings (SSSR count). The molecule has 1 unspecified atom stereocenters. The Labute approximate surface area is 104 Å². The highest BCUT2D eigenvalue weighted by Crippen LogP contribution is 2.18. The van der Waals surface area contributed by atoms with Crippen LogP contribution in [-0.4, -0.2) is 36.1 Å². The highest BCUT2D eigenvalue weighted by molar-refractivity contribution is 5.36. The number of hydrogen-bond acceptors (Lipinski definition) is 3. The SMILES string of the molecule is CN1CCCCC1CNc1nc(F)c(F)cc1F. The van der Waals surface area contributed by atoms with Crippen LogP contribution < -0.4 is 5.32 Å². The fraction of sp³-hybridized carbons (Fsp3) is 0.583. The number of nitrogens with zero attached hydrogens (tertiary/aromatic N) is 2. The van der Waals surface area contributed by atoms with E-state index in [0.29, 0.717) is 12.6 Å². The Morgan fingerprint density at radius 2 is 2.11 bits per heavy atom. The number of rotatable bonds is 3. The van der Waals surface area contributed by atoms with Gasteiger partial charge in [0.1, 0.15) is 0 Å². The van der Waals surface area contributed by atoms with E-state index in [2.05, 4.69) is 15.2 Å². The first kappa shape index (κ1) is 13.1.